The summed E-state index contributed by atoms with van der Waals surface area (Å²) in [5, 5.41) is 3.87. The first-order valence-electron chi connectivity index (χ1n) is 9.96. The standard InChI is InChI=1S/C22H24N2O6S/c1-3-29-22(28)23-18(25)13-30-21(27)16-10-11-19(26)24(15-8-6-14(2)7-9-15)20(16)17-5-4-12-31-17/h4-9,12,16,20H,3,10-11,13H2,1-2H3,(H,23,25,28)/t16-,20-/m0/s1. The molecule has 0 bridgehead atoms. The Morgan fingerprint density at radius 3 is 2.55 bits per heavy atom. The van der Waals surface area contributed by atoms with Gasteiger partial charge in [0.05, 0.1) is 18.6 Å². The lowest BCUT2D eigenvalue weighted by atomic mass is 9.87. The first kappa shape index (κ1) is 22.5. The highest BCUT2D eigenvalue weighted by Gasteiger charge is 2.43. The Morgan fingerprint density at radius 2 is 1.90 bits per heavy atom. The molecule has 0 spiro atoms. The van der Waals surface area contributed by atoms with Crippen LogP contribution in [-0.2, 0) is 23.9 Å². The SMILES string of the molecule is CCOC(=O)NC(=O)COC(=O)[C@H]1CCC(=O)N(c2ccc(C)cc2)[C@@H]1c1cccs1. The maximum Gasteiger partial charge on any atom is 0.413 e. The van der Waals surface area contributed by atoms with Crippen LogP contribution < -0.4 is 10.2 Å². The van der Waals surface area contributed by atoms with Crippen molar-refractivity contribution in [2.45, 2.75) is 32.7 Å². The molecule has 3 rings (SSSR count). The highest BCUT2D eigenvalue weighted by Crippen LogP contribution is 2.42. The number of rotatable bonds is 6. The van der Waals surface area contributed by atoms with Crippen LogP contribution in [0.4, 0.5) is 10.5 Å². The van der Waals surface area contributed by atoms with Gasteiger partial charge < -0.3 is 14.4 Å². The Balaban J connectivity index is 1.79. The van der Waals surface area contributed by atoms with Crippen molar-refractivity contribution in [1.29, 1.82) is 0 Å². The highest BCUT2D eigenvalue weighted by molar-refractivity contribution is 7.10. The zero-order valence-electron chi connectivity index (χ0n) is 17.3. The maximum atomic E-state index is 12.9. The van der Waals surface area contributed by atoms with Gasteiger partial charge in [0.15, 0.2) is 6.61 Å². The zero-order chi connectivity index (χ0) is 22.4. The van der Waals surface area contributed by atoms with Crippen LogP contribution in [0, 0.1) is 12.8 Å². The first-order chi connectivity index (χ1) is 14.9. The van der Waals surface area contributed by atoms with E-state index in [4.69, 9.17) is 4.74 Å². The van der Waals surface area contributed by atoms with Crippen LogP contribution in [-0.4, -0.2) is 37.1 Å². The minimum Gasteiger partial charge on any atom is -0.455 e. The monoisotopic (exact) mass is 444 g/mol. The van der Waals surface area contributed by atoms with Gasteiger partial charge in [0.25, 0.3) is 5.91 Å². The normalized spacial score (nSPS) is 18.4. The number of thiophene rings is 1. The third-order valence-electron chi connectivity index (χ3n) is 4.91. The number of amides is 3. The molecule has 0 aliphatic carbocycles. The molecule has 2 atom stereocenters. The Labute approximate surface area is 184 Å². The van der Waals surface area contributed by atoms with E-state index in [1.54, 1.807) is 11.8 Å². The molecule has 164 valence electrons. The minimum atomic E-state index is -0.895. The third kappa shape index (κ3) is 5.49. The number of piperidine rings is 1. The van der Waals surface area contributed by atoms with Crippen LogP contribution in [0.2, 0.25) is 0 Å². The number of nitrogens with zero attached hydrogens (tertiary/aromatic N) is 1. The van der Waals surface area contributed by atoms with Gasteiger partial charge in [-0.3, -0.25) is 19.7 Å². The molecular formula is C22H24N2O6S. The largest absolute Gasteiger partial charge is 0.455 e. The number of alkyl carbamates (subject to hydrolysis) is 1. The first-order valence-corrected chi connectivity index (χ1v) is 10.8. The quantitative estimate of drug-likeness (QED) is 0.686. The fraction of sp³-hybridized carbons (Fsp3) is 0.364. The molecule has 1 aromatic heterocycles. The van der Waals surface area contributed by atoms with Crippen molar-refractivity contribution >= 4 is 40.9 Å². The molecule has 8 nitrogen and oxygen atoms in total. The molecular weight excluding hydrogens is 420 g/mol. The van der Waals surface area contributed by atoms with Gasteiger partial charge in [-0.2, -0.15) is 0 Å². The van der Waals surface area contributed by atoms with Crippen molar-refractivity contribution < 1.29 is 28.7 Å². The van der Waals surface area contributed by atoms with E-state index in [0.717, 1.165) is 10.4 Å². The summed E-state index contributed by atoms with van der Waals surface area (Å²) in [5.41, 5.74) is 1.76. The number of nitrogens with one attached hydrogen (secondary N) is 1. The average molecular weight is 445 g/mol. The number of hydrogen-bond donors (Lipinski definition) is 1. The fourth-order valence-corrected chi connectivity index (χ4v) is 4.38. The maximum absolute atomic E-state index is 12.9. The van der Waals surface area contributed by atoms with Gasteiger partial charge in [0.1, 0.15) is 0 Å². The van der Waals surface area contributed by atoms with Crippen LogP contribution in [0.3, 0.4) is 0 Å². The molecule has 1 aliphatic rings. The van der Waals surface area contributed by atoms with E-state index in [9.17, 15) is 19.2 Å². The van der Waals surface area contributed by atoms with Gasteiger partial charge >= 0.3 is 12.1 Å². The highest BCUT2D eigenvalue weighted by atomic mass is 32.1. The number of hydrogen-bond acceptors (Lipinski definition) is 7. The second-order valence-electron chi connectivity index (χ2n) is 7.08. The van der Waals surface area contributed by atoms with Crippen molar-refractivity contribution in [3.63, 3.8) is 0 Å². The van der Waals surface area contributed by atoms with Crippen molar-refractivity contribution in [1.82, 2.24) is 5.32 Å². The number of imide groups is 1. The van der Waals surface area contributed by atoms with Crippen LogP contribution >= 0.6 is 11.3 Å². The second-order valence-corrected chi connectivity index (χ2v) is 8.06. The molecule has 2 heterocycles. The van der Waals surface area contributed by atoms with Crippen LogP contribution in [0.5, 0.6) is 0 Å². The average Bonchev–Trinajstić information content (AvgIpc) is 3.27. The van der Waals surface area contributed by atoms with Gasteiger partial charge in [0.2, 0.25) is 5.91 Å². The Bertz CT molecular complexity index is 941. The summed E-state index contributed by atoms with van der Waals surface area (Å²) in [4.78, 5) is 51.4. The molecule has 1 aromatic carbocycles. The summed E-state index contributed by atoms with van der Waals surface area (Å²) in [6.45, 7) is 3.08. The van der Waals surface area contributed by atoms with Gasteiger partial charge in [-0.1, -0.05) is 23.8 Å². The molecule has 1 saturated heterocycles. The van der Waals surface area contributed by atoms with Gasteiger partial charge in [-0.05, 0) is 43.8 Å². The number of anilines is 1. The lowest BCUT2D eigenvalue weighted by molar-refractivity contribution is -0.154. The third-order valence-corrected chi connectivity index (χ3v) is 5.85. The number of esters is 1. The number of ether oxygens (including phenoxy) is 2. The lowest BCUT2D eigenvalue weighted by Crippen LogP contribution is -2.46. The smallest absolute Gasteiger partial charge is 0.413 e. The Hall–Kier alpha value is -3.20. The second kappa shape index (κ2) is 10.2. The van der Waals surface area contributed by atoms with Crippen molar-refractivity contribution in [3.05, 3.63) is 52.2 Å². The van der Waals surface area contributed by atoms with Gasteiger partial charge in [-0.25, -0.2) is 4.79 Å². The molecule has 0 radical (unpaired) electrons. The molecule has 0 saturated carbocycles. The predicted octanol–water partition coefficient (Wildman–Crippen LogP) is 3.36. The van der Waals surface area contributed by atoms with Crippen LogP contribution in [0.25, 0.3) is 0 Å². The van der Waals surface area contributed by atoms with E-state index < -0.39 is 36.5 Å². The van der Waals surface area contributed by atoms with E-state index in [-0.39, 0.29) is 18.9 Å². The molecule has 1 N–H and O–H groups in total. The summed E-state index contributed by atoms with van der Waals surface area (Å²) < 4.78 is 9.83. The number of aryl methyl sites for hydroxylation is 1. The van der Waals surface area contributed by atoms with Gasteiger partial charge in [0, 0.05) is 17.0 Å². The predicted molar refractivity (Wildman–Crippen MR) is 115 cm³/mol. The summed E-state index contributed by atoms with van der Waals surface area (Å²) in [6, 6.07) is 10.7. The number of carbonyl (C=O) groups is 4. The van der Waals surface area contributed by atoms with Crippen molar-refractivity contribution in [3.8, 4) is 0 Å². The summed E-state index contributed by atoms with van der Waals surface area (Å²) in [5.74, 6) is -2.09. The number of carbonyl (C=O) groups excluding carboxylic acids is 4. The molecule has 1 fully saturated rings. The summed E-state index contributed by atoms with van der Waals surface area (Å²) >= 11 is 1.45. The van der Waals surface area contributed by atoms with E-state index in [2.05, 4.69) is 4.74 Å². The molecule has 3 amide bonds. The van der Waals surface area contributed by atoms with Crippen LogP contribution in [0.15, 0.2) is 41.8 Å². The topological polar surface area (TPSA) is 102 Å². The molecule has 0 unspecified atom stereocenters. The molecule has 1 aliphatic heterocycles. The van der Waals surface area contributed by atoms with Crippen molar-refractivity contribution in [2.75, 3.05) is 18.1 Å². The van der Waals surface area contributed by atoms with E-state index in [0.29, 0.717) is 12.1 Å². The molecule has 9 heteroatoms. The van der Waals surface area contributed by atoms with Crippen LogP contribution in [0.1, 0.15) is 36.2 Å². The number of benzene rings is 1. The Kier molecular flexibility index (Phi) is 7.41. The van der Waals surface area contributed by atoms with E-state index >= 15 is 0 Å². The minimum absolute atomic E-state index is 0.0774. The van der Waals surface area contributed by atoms with E-state index in [1.165, 1.54) is 11.3 Å². The van der Waals surface area contributed by atoms with E-state index in [1.807, 2.05) is 54.0 Å². The zero-order valence-corrected chi connectivity index (χ0v) is 18.1. The summed E-state index contributed by atoms with van der Waals surface area (Å²) in [7, 11) is 0. The fourth-order valence-electron chi connectivity index (χ4n) is 3.49. The van der Waals surface area contributed by atoms with Crippen molar-refractivity contribution in [2.24, 2.45) is 5.92 Å². The molecule has 31 heavy (non-hydrogen) atoms. The molecule has 2 aromatic rings. The Morgan fingerprint density at radius 1 is 1.16 bits per heavy atom. The lowest BCUT2D eigenvalue weighted by Gasteiger charge is -2.39. The summed E-state index contributed by atoms with van der Waals surface area (Å²) in [6.07, 6.45) is -0.402. The van der Waals surface area contributed by atoms with Gasteiger partial charge in [-0.15, -0.1) is 11.3 Å².